The van der Waals surface area contributed by atoms with Crippen LogP contribution in [0.25, 0.3) is 11.1 Å². The van der Waals surface area contributed by atoms with Crippen molar-refractivity contribution >= 4 is 28.9 Å². The predicted molar refractivity (Wildman–Crippen MR) is 126 cm³/mol. The van der Waals surface area contributed by atoms with Crippen molar-refractivity contribution in [2.45, 2.75) is 18.4 Å². The van der Waals surface area contributed by atoms with Crippen LogP contribution >= 0.6 is 11.3 Å². The monoisotopic (exact) mass is 448 g/mol. The van der Waals surface area contributed by atoms with Gasteiger partial charge in [-0.3, -0.25) is 9.69 Å². The Hall–Kier alpha value is -3.52. The van der Waals surface area contributed by atoms with Gasteiger partial charge in [0.15, 0.2) is 17.5 Å². The van der Waals surface area contributed by atoms with Crippen molar-refractivity contribution in [3.8, 4) is 22.6 Å². The lowest BCUT2D eigenvalue weighted by molar-refractivity contribution is -0.130. The molecule has 3 heterocycles. The largest absolute Gasteiger partial charge is 0.454 e. The van der Waals surface area contributed by atoms with Crippen LogP contribution in [0.15, 0.2) is 58.9 Å². The molecule has 0 bridgehead atoms. The predicted octanol–water partition coefficient (Wildman–Crippen LogP) is 3.97. The zero-order valence-electron chi connectivity index (χ0n) is 18.1. The van der Waals surface area contributed by atoms with Gasteiger partial charge in [-0.05, 0) is 59.3 Å². The number of nitrogens with one attached hydrogen (secondary N) is 1. The first-order valence-electron chi connectivity index (χ1n) is 10.3. The maximum absolute atomic E-state index is 13.5. The molecule has 3 N–H and O–H groups in total. The second-order valence-corrected chi connectivity index (χ2v) is 9.00. The topological polar surface area (TPSA) is 89.2 Å². The molecule has 164 valence electrons. The molecule has 8 heteroatoms. The Balaban J connectivity index is 1.61. The third kappa shape index (κ3) is 3.18. The fourth-order valence-electron chi connectivity index (χ4n) is 4.29. The number of benzene rings is 2. The van der Waals surface area contributed by atoms with Gasteiger partial charge in [0.1, 0.15) is 5.54 Å². The number of hydrogen-bond donors (Lipinski definition) is 2. The third-order valence-electron chi connectivity index (χ3n) is 6.14. The lowest BCUT2D eigenvalue weighted by Crippen LogP contribution is -2.52. The molecule has 0 spiro atoms. The van der Waals surface area contributed by atoms with Gasteiger partial charge >= 0.3 is 0 Å². The van der Waals surface area contributed by atoms with E-state index >= 15 is 0 Å². The standard InChI is InChI=1S/C24H24N4O3S/c1-24(20-11-16(12-32-20)14-5-4-6-17(9-14)26-2)21(22(29)28(3)23(25)27-24)15-7-8-18-19(10-15)31-13-30-18/h4-12,21,26H,13H2,1-3H3,(H2,25,27)/t21-,24+/m0/s1. The molecule has 0 unspecified atom stereocenters. The van der Waals surface area contributed by atoms with Crippen molar-refractivity contribution in [2.24, 2.45) is 10.7 Å². The van der Waals surface area contributed by atoms with E-state index in [2.05, 4.69) is 28.9 Å². The number of likely N-dealkylation sites (N-methyl/N-ethyl adjacent to an activating group) is 1. The van der Waals surface area contributed by atoms with Gasteiger partial charge < -0.3 is 20.5 Å². The summed E-state index contributed by atoms with van der Waals surface area (Å²) >= 11 is 1.58. The van der Waals surface area contributed by atoms with E-state index < -0.39 is 11.5 Å². The number of nitrogens with two attached hydrogens (primary N) is 1. The fraction of sp³-hybridized carbons (Fsp3) is 0.250. The van der Waals surface area contributed by atoms with Gasteiger partial charge in [0.2, 0.25) is 12.7 Å². The van der Waals surface area contributed by atoms with Gasteiger partial charge in [0, 0.05) is 24.7 Å². The molecule has 7 nitrogen and oxygen atoms in total. The second-order valence-electron chi connectivity index (χ2n) is 8.09. The van der Waals surface area contributed by atoms with Crippen LogP contribution in [-0.2, 0) is 10.3 Å². The molecule has 3 aromatic rings. The highest BCUT2D eigenvalue weighted by molar-refractivity contribution is 7.10. The summed E-state index contributed by atoms with van der Waals surface area (Å²) in [5.74, 6) is 0.869. The van der Waals surface area contributed by atoms with Crippen LogP contribution in [0.2, 0.25) is 0 Å². The molecule has 2 aliphatic rings. The molecule has 0 saturated carbocycles. The number of ether oxygens (including phenoxy) is 2. The number of hydrogen-bond acceptors (Lipinski definition) is 7. The Morgan fingerprint density at radius 1 is 1.16 bits per heavy atom. The fourth-order valence-corrected chi connectivity index (χ4v) is 5.34. The lowest BCUT2D eigenvalue weighted by atomic mass is 9.77. The smallest absolute Gasteiger partial charge is 0.239 e. The van der Waals surface area contributed by atoms with Crippen LogP contribution in [0.1, 0.15) is 23.3 Å². The molecule has 5 rings (SSSR count). The minimum absolute atomic E-state index is 0.106. The minimum atomic E-state index is -0.856. The van der Waals surface area contributed by atoms with E-state index in [0.717, 1.165) is 27.3 Å². The number of fused-ring (bicyclic) bond motifs is 1. The number of thiophene rings is 1. The van der Waals surface area contributed by atoms with E-state index in [4.69, 9.17) is 20.2 Å². The third-order valence-corrected chi connectivity index (χ3v) is 7.30. The van der Waals surface area contributed by atoms with Crippen molar-refractivity contribution in [1.29, 1.82) is 0 Å². The van der Waals surface area contributed by atoms with Crippen molar-refractivity contribution in [2.75, 3.05) is 26.2 Å². The Labute approximate surface area is 190 Å². The van der Waals surface area contributed by atoms with Gasteiger partial charge in [-0.25, -0.2) is 4.99 Å². The Morgan fingerprint density at radius 3 is 2.78 bits per heavy atom. The highest BCUT2D eigenvalue weighted by Crippen LogP contribution is 2.48. The van der Waals surface area contributed by atoms with Crippen LogP contribution in [0, 0.1) is 0 Å². The molecule has 2 aliphatic heterocycles. The van der Waals surface area contributed by atoms with Crippen LogP contribution in [0.3, 0.4) is 0 Å². The molecular formula is C24H24N4O3S. The first-order chi connectivity index (χ1) is 15.4. The lowest BCUT2D eigenvalue weighted by Gasteiger charge is -2.40. The number of anilines is 1. The summed E-state index contributed by atoms with van der Waals surface area (Å²) in [5, 5.41) is 5.27. The molecule has 0 saturated heterocycles. The number of carbonyl (C=O) groups excluding carboxylic acids is 1. The van der Waals surface area contributed by atoms with E-state index in [-0.39, 0.29) is 18.7 Å². The van der Waals surface area contributed by atoms with Gasteiger partial charge in [0.25, 0.3) is 0 Å². The van der Waals surface area contributed by atoms with E-state index in [1.807, 2.05) is 44.3 Å². The molecule has 0 fully saturated rings. The molecule has 0 aliphatic carbocycles. The van der Waals surface area contributed by atoms with Crippen LogP contribution in [0.5, 0.6) is 11.5 Å². The first-order valence-corrected chi connectivity index (χ1v) is 11.2. The summed E-state index contributed by atoms with van der Waals surface area (Å²) in [4.78, 5) is 20.7. The average Bonchev–Trinajstić information content (AvgIpc) is 3.47. The first kappa shape index (κ1) is 20.4. The van der Waals surface area contributed by atoms with Crippen molar-refractivity contribution < 1.29 is 14.3 Å². The molecular weight excluding hydrogens is 424 g/mol. The minimum Gasteiger partial charge on any atom is -0.454 e. The SMILES string of the molecule is CNc1cccc(-c2csc([C@@]3(C)N=C(N)N(C)C(=O)[C@@H]3c3ccc4c(c3)OCO4)c2)c1. The number of carbonyl (C=O) groups is 1. The number of rotatable bonds is 4. The van der Waals surface area contributed by atoms with Gasteiger partial charge in [-0.2, -0.15) is 0 Å². The van der Waals surface area contributed by atoms with Gasteiger partial charge in [-0.1, -0.05) is 18.2 Å². The quantitative estimate of drug-likeness (QED) is 0.630. The number of guanidine groups is 1. The van der Waals surface area contributed by atoms with Crippen molar-refractivity contribution in [3.05, 3.63) is 64.4 Å². The molecule has 2 aromatic carbocycles. The van der Waals surface area contributed by atoms with E-state index in [0.29, 0.717) is 11.5 Å². The highest BCUT2D eigenvalue weighted by atomic mass is 32.1. The number of aliphatic imine (C=N–C) groups is 1. The molecule has 2 atom stereocenters. The summed E-state index contributed by atoms with van der Waals surface area (Å²) < 4.78 is 11.0. The highest BCUT2D eigenvalue weighted by Gasteiger charge is 2.48. The average molecular weight is 449 g/mol. The normalized spacial score (nSPS) is 22.1. The molecule has 0 radical (unpaired) electrons. The Bertz CT molecular complexity index is 1240. The summed E-state index contributed by atoms with van der Waals surface area (Å²) in [6, 6.07) is 15.9. The summed E-state index contributed by atoms with van der Waals surface area (Å²) in [5.41, 5.74) is 9.35. The van der Waals surface area contributed by atoms with Crippen LogP contribution < -0.4 is 20.5 Å². The molecule has 32 heavy (non-hydrogen) atoms. The van der Waals surface area contributed by atoms with E-state index in [9.17, 15) is 4.79 Å². The van der Waals surface area contributed by atoms with Crippen LogP contribution in [0.4, 0.5) is 5.69 Å². The van der Waals surface area contributed by atoms with Crippen LogP contribution in [-0.4, -0.2) is 37.7 Å². The summed E-state index contributed by atoms with van der Waals surface area (Å²) in [6.45, 7) is 2.15. The van der Waals surface area contributed by atoms with E-state index in [1.165, 1.54) is 4.90 Å². The summed E-state index contributed by atoms with van der Waals surface area (Å²) in [6.07, 6.45) is 0. The molecule has 1 amide bonds. The zero-order valence-corrected chi connectivity index (χ0v) is 18.9. The Morgan fingerprint density at radius 2 is 1.97 bits per heavy atom. The summed E-state index contributed by atoms with van der Waals surface area (Å²) in [7, 11) is 3.56. The van der Waals surface area contributed by atoms with Crippen molar-refractivity contribution in [3.63, 3.8) is 0 Å². The maximum atomic E-state index is 13.5. The second kappa shape index (κ2) is 7.56. The Kier molecular flexibility index (Phi) is 4.82. The van der Waals surface area contributed by atoms with Gasteiger partial charge in [-0.15, -0.1) is 11.3 Å². The zero-order chi connectivity index (χ0) is 22.5. The number of nitrogens with zero attached hydrogens (tertiary/aromatic N) is 2. The number of amides is 1. The van der Waals surface area contributed by atoms with Crippen molar-refractivity contribution in [1.82, 2.24) is 4.90 Å². The van der Waals surface area contributed by atoms with Gasteiger partial charge in [0.05, 0.1) is 5.92 Å². The maximum Gasteiger partial charge on any atom is 0.239 e. The molecule has 1 aromatic heterocycles. The van der Waals surface area contributed by atoms with E-state index in [1.54, 1.807) is 18.4 Å².